The topological polar surface area (TPSA) is 125 Å². The minimum atomic E-state index is -1.09. The molecule has 0 saturated carbocycles. The molecule has 0 spiro atoms. The molecule has 180 valence electrons. The first-order valence-electron chi connectivity index (χ1n) is 11.3. The first-order valence-corrected chi connectivity index (χ1v) is 11.3. The number of carboxylic acid groups (broad SMARTS) is 1. The van der Waals surface area contributed by atoms with E-state index in [1.165, 1.54) is 16.8 Å². The third-order valence-corrected chi connectivity index (χ3v) is 5.65. The summed E-state index contributed by atoms with van der Waals surface area (Å²) in [6.07, 6.45) is 4.72. The number of nitrogens with one attached hydrogen (secondary N) is 1. The van der Waals surface area contributed by atoms with Crippen molar-refractivity contribution < 1.29 is 14.7 Å². The van der Waals surface area contributed by atoms with Gasteiger partial charge in [-0.3, -0.25) is 19.4 Å². The van der Waals surface area contributed by atoms with Gasteiger partial charge in [-0.1, -0.05) is 32.0 Å². The second kappa shape index (κ2) is 11.3. The Morgan fingerprint density at radius 3 is 2.57 bits per heavy atom. The number of benzene rings is 1. The number of amides is 1. The molecule has 0 aliphatic heterocycles. The molecular formula is C27H28N4O4. The number of pyridine rings is 2. The predicted octanol–water partition coefficient (Wildman–Crippen LogP) is 4.01. The normalized spacial score (nSPS) is 12.5. The van der Waals surface area contributed by atoms with E-state index >= 15 is 0 Å². The van der Waals surface area contributed by atoms with Crippen molar-refractivity contribution in [1.29, 1.82) is 5.26 Å². The van der Waals surface area contributed by atoms with Gasteiger partial charge in [-0.25, -0.2) is 0 Å². The summed E-state index contributed by atoms with van der Waals surface area (Å²) in [5, 5.41) is 21.8. The van der Waals surface area contributed by atoms with Crippen LogP contribution in [0.3, 0.4) is 0 Å². The van der Waals surface area contributed by atoms with Crippen molar-refractivity contribution in [3.63, 3.8) is 0 Å². The highest BCUT2D eigenvalue weighted by Gasteiger charge is 2.27. The lowest BCUT2D eigenvalue weighted by Gasteiger charge is -2.25. The molecule has 1 aromatic carbocycles. The van der Waals surface area contributed by atoms with Crippen LogP contribution in [0.15, 0.2) is 65.8 Å². The van der Waals surface area contributed by atoms with E-state index in [9.17, 15) is 24.8 Å². The molecule has 2 atom stereocenters. The van der Waals surface area contributed by atoms with Crippen molar-refractivity contribution in [2.45, 2.75) is 45.7 Å². The Labute approximate surface area is 203 Å². The molecule has 2 heterocycles. The van der Waals surface area contributed by atoms with Gasteiger partial charge in [0.15, 0.2) is 0 Å². The molecule has 8 nitrogen and oxygen atoms in total. The van der Waals surface area contributed by atoms with Crippen molar-refractivity contribution in [2.75, 3.05) is 0 Å². The fourth-order valence-electron chi connectivity index (χ4n) is 3.96. The Kier molecular flexibility index (Phi) is 8.16. The summed E-state index contributed by atoms with van der Waals surface area (Å²) in [5.74, 6) is -1.42. The Morgan fingerprint density at radius 1 is 1.17 bits per heavy atom. The molecule has 0 bridgehead atoms. The summed E-state index contributed by atoms with van der Waals surface area (Å²) in [4.78, 5) is 41.9. The number of aliphatic carboxylic acids is 1. The van der Waals surface area contributed by atoms with Crippen molar-refractivity contribution in [1.82, 2.24) is 14.9 Å². The lowest BCUT2D eigenvalue weighted by atomic mass is 9.97. The highest BCUT2D eigenvalue weighted by atomic mass is 16.4. The molecule has 0 radical (unpaired) electrons. The maximum absolute atomic E-state index is 13.4. The third kappa shape index (κ3) is 6.42. The van der Waals surface area contributed by atoms with Crippen LogP contribution in [0.5, 0.6) is 0 Å². The average molecular weight is 473 g/mol. The van der Waals surface area contributed by atoms with Crippen LogP contribution in [-0.2, 0) is 9.59 Å². The van der Waals surface area contributed by atoms with Crippen molar-refractivity contribution >= 4 is 11.9 Å². The average Bonchev–Trinajstić information content (AvgIpc) is 2.82. The van der Waals surface area contributed by atoms with Crippen LogP contribution >= 0.6 is 0 Å². The Hall–Kier alpha value is -4.25. The van der Waals surface area contributed by atoms with Crippen molar-refractivity contribution in [3.05, 3.63) is 88.1 Å². The molecule has 0 fully saturated rings. The summed E-state index contributed by atoms with van der Waals surface area (Å²) in [7, 11) is 0. The van der Waals surface area contributed by atoms with Gasteiger partial charge < -0.3 is 15.0 Å². The zero-order valence-corrected chi connectivity index (χ0v) is 19.9. The number of hydrogen-bond donors (Lipinski definition) is 2. The number of carbonyl (C=O) groups is 2. The van der Waals surface area contributed by atoms with Crippen LogP contribution in [0.2, 0.25) is 0 Å². The molecule has 0 aliphatic rings. The molecule has 2 aromatic heterocycles. The number of aromatic nitrogens is 2. The van der Waals surface area contributed by atoms with Crippen molar-refractivity contribution in [3.8, 4) is 17.2 Å². The molecule has 1 amide bonds. The van der Waals surface area contributed by atoms with Crippen LogP contribution in [0, 0.1) is 24.2 Å². The second-order valence-electron chi connectivity index (χ2n) is 8.92. The molecule has 3 aromatic rings. The lowest BCUT2D eigenvalue weighted by molar-refractivity contribution is -0.138. The first-order chi connectivity index (χ1) is 16.7. The quantitative estimate of drug-likeness (QED) is 0.485. The fourth-order valence-corrected chi connectivity index (χ4v) is 3.96. The summed E-state index contributed by atoms with van der Waals surface area (Å²) in [6, 6.07) is 12.5. The highest BCUT2D eigenvalue weighted by Crippen LogP contribution is 2.27. The zero-order valence-electron chi connectivity index (χ0n) is 19.9. The van der Waals surface area contributed by atoms with Crippen LogP contribution in [-0.4, -0.2) is 26.5 Å². The Balaban J connectivity index is 1.97. The highest BCUT2D eigenvalue weighted by molar-refractivity contribution is 5.82. The predicted molar refractivity (Wildman–Crippen MR) is 131 cm³/mol. The van der Waals surface area contributed by atoms with Gasteiger partial charge in [-0.2, -0.15) is 5.26 Å². The van der Waals surface area contributed by atoms with Crippen molar-refractivity contribution in [2.24, 2.45) is 5.92 Å². The minimum absolute atomic E-state index is 0.115. The van der Waals surface area contributed by atoms with E-state index in [-0.39, 0.29) is 17.9 Å². The van der Waals surface area contributed by atoms with E-state index in [2.05, 4.69) is 16.4 Å². The van der Waals surface area contributed by atoms with Crippen LogP contribution in [0.25, 0.3) is 11.1 Å². The Morgan fingerprint density at radius 2 is 1.91 bits per heavy atom. The van der Waals surface area contributed by atoms with E-state index in [0.717, 1.165) is 5.56 Å². The second-order valence-corrected chi connectivity index (χ2v) is 8.92. The van der Waals surface area contributed by atoms with Crippen LogP contribution in [0.1, 0.15) is 55.5 Å². The van der Waals surface area contributed by atoms with Gasteiger partial charge in [-0.15, -0.1) is 0 Å². The zero-order chi connectivity index (χ0) is 25.5. The molecule has 3 rings (SSSR count). The minimum Gasteiger partial charge on any atom is -0.481 e. The van der Waals surface area contributed by atoms with Gasteiger partial charge in [0.1, 0.15) is 6.04 Å². The number of aryl methyl sites for hydroxylation is 1. The molecular weight excluding hydrogens is 444 g/mol. The number of carbonyl (C=O) groups excluding carboxylic acids is 1. The summed E-state index contributed by atoms with van der Waals surface area (Å²) in [6.45, 7) is 5.71. The van der Waals surface area contributed by atoms with E-state index in [1.54, 1.807) is 55.7 Å². The molecule has 35 heavy (non-hydrogen) atoms. The summed E-state index contributed by atoms with van der Waals surface area (Å²) >= 11 is 0. The fraction of sp³-hybridized carbons (Fsp3) is 0.296. The summed E-state index contributed by atoms with van der Waals surface area (Å²) < 4.78 is 1.39. The van der Waals surface area contributed by atoms with Gasteiger partial charge in [0, 0.05) is 35.8 Å². The Bertz CT molecular complexity index is 1320. The van der Waals surface area contributed by atoms with E-state index in [1.807, 2.05) is 13.8 Å². The maximum atomic E-state index is 13.4. The lowest BCUT2D eigenvalue weighted by Crippen LogP contribution is -2.40. The number of nitrogens with zero attached hydrogens (tertiary/aromatic N) is 3. The van der Waals surface area contributed by atoms with E-state index in [0.29, 0.717) is 28.7 Å². The largest absolute Gasteiger partial charge is 0.481 e. The summed E-state index contributed by atoms with van der Waals surface area (Å²) in [5.41, 5.74) is 2.74. The monoisotopic (exact) mass is 472 g/mol. The standard InChI is InChI=1S/C27H28N4O4/c1-17(2)10-24(31-9-8-18(3)11-25(31)32)27(35)30-23(13-26(33)34)21-12-20(15-29-16-21)22-7-5-4-6-19(22)14-28/h4-9,11-12,15-17,23-24H,10,13H2,1-3H3,(H,30,35)(H,33,34)/t23-,24?/m0/s1. The van der Waals surface area contributed by atoms with Gasteiger partial charge >= 0.3 is 5.97 Å². The molecule has 1 unspecified atom stereocenters. The SMILES string of the molecule is Cc1ccn(C(CC(C)C)C(=O)N[C@@H](CC(=O)O)c2cncc(-c3ccccc3C#N)c2)c(=O)c1. The van der Waals surface area contributed by atoms with Gasteiger partial charge in [-0.05, 0) is 48.6 Å². The number of hydrogen-bond acceptors (Lipinski definition) is 5. The van der Waals surface area contributed by atoms with E-state index in [4.69, 9.17) is 0 Å². The number of rotatable bonds is 9. The maximum Gasteiger partial charge on any atom is 0.305 e. The molecule has 8 heteroatoms. The smallest absolute Gasteiger partial charge is 0.305 e. The van der Waals surface area contributed by atoms with Gasteiger partial charge in [0.25, 0.3) is 5.56 Å². The van der Waals surface area contributed by atoms with Crippen LogP contribution < -0.4 is 10.9 Å². The molecule has 0 aliphatic carbocycles. The molecule has 2 N–H and O–H groups in total. The van der Waals surface area contributed by atoms with Crippen LogP contribution in [0.4, 0.5) is 0 Å². The van der Waals surface area contributed by atoms with Gasteiger partial charge in [0.05, 0.1) is 24.1 Å². The first kappa shape index (κ1) is 25.4. The number of carboxylic acids is 1. The molecule has 0 saturated heterocycles. The van der Waals surface area contributed by atoms with E-state index < -0.39 is 24.0 Å². The van der Waals surface area contributed by atoms with Gasteiger partial charge in [0.2, 0.25) is 5.91 Å². The number of nitriles is 1. The third-order valence-electron chi connectivity index (χ3n) is 5.65.